The number of carbonyl (C=O) groups is 1. The van der Waals surface area contributed by atoms with Crippen LogP contribution in [0, 0.1) is 0 Å². The van der Waals surface area contributed by atoms with Crippen molar-refractivity contribution in [1.82, 2.24) is 5.32 Å². The van der Waals surface area contributed by atoms with Crippen LogP contribution in [-0.4, -0.2) is 18.6 Å². The van der Waals surface area contributed by atoms with Crippen LogP contribution in [0.5, 0.6) is 0 Å². The Kier molecular flexibility index (Phi) is 3.57. The molecule has 1 heterocycles. The lowest BCUT2D eigenvalue weighted by molar-refractivity contribution is -0.145. The van der Waals surface area contributed by atoms with E-state index in [1.807, 2.05) is 19.1 Å². The minimum absolute atomic E-state index is 0.129. The van der Waals surface area contributed by atoms with Crippen molar-refractivity contribution in [2.45, 2.75) is 32.4 Å². The molecule has 0 fully saturated rings. The lowest BCUT2D eigenvalue weighted by Gasteiger charge is -2.13. The predicted octanol–water partition coefficient (Wildman–Crippen LogP) is 1.65. The van der Waals surface area contributed by atoms with Gasteiger partial charge < -0.3 is 10.1 Å². The summed E-state index contributed by atoms with van der Waals surface area (Å²) in [6.07, 6.45) is 1.75. The minimum atomic E-state index is -0.160. The van der Waals surface area contributed by atoms with E-state index in [1.54, 1.807) is 0 Å². The summed E-state index contributed by atoms with van der Waals surface area (Å²) in [4.78, 5) is 11.6. The van der Waals surface area contributed by atoms with E-state index in [-0.39, 0.29) is 12.0 Å². The Balaban J connectivity index is 2.04. The molecule has 0 spiro atoms. The van der Waals surface area contributed by atoms with E-state index in [0.29, 0.717) is 6.61 Å². The normalized spacial score (nSPS) is 19.7. The van der Waals surface area contributed by atoms with Crippen LogP contribution in [0.3, 0.4) is 0 Å². The molecule has 0 radical (unpaired) electrons. The largest absolute Gasteiger partial charge is 0.465 e. The molecule has 0 aromatic heterocycles. The molecule has 1 N–H and O–H groups in total. The van der Waals surface area contributed by atoms with Crippen LogP contribution in [0.1, 0.15) is 24.5 Å². The fraction of sp³-hybridized carbons (Fsp3) is 0.462. The Morgan fingerprint density at radius 3 is 2.94 bits per heavy atom. The van der Waals surface area contributed by atoms with Gasteiger partial charge in [0.05, 0.1) is 6.61 Å². The predicted molar refractivity (Wildman–Crippen MR) is 62.0 cm³/mol. The monoisotopic (exact) mass is 219 g/mol. The third-order valence-electron chi connectivity index (χ3n) is 2.93. The molecule has 3 nitrogen and oxygen atoms in total. The van der Waals surface area contributed by atoms with Crippen molar-refractivity contribution in [1.29, 1.82) is 0 Å². The van der Waals surface area contributed by atoms with Gasteiger partial charge in [-0.15, -0.1) is 0 Å². The summed E-state index contributed by atoms with van der Waals surface area (Å²) in [5.74, 6) is -0.129. The highest BCUT2D eigenvalue weighted by Crippen LogP contribution is 2.16. The molecule has 1 unspecified atom stereocenters. The van der Waals surface area contributed by atoms with Gasteiger partial charge in [0.25, 0.3) is 0 Å². The number of carbonyl (C=O) groups excluding carboxylic acids is 1. The zero-order chi connectivity index (χ0) is 11.4. The number of esters is 1. The molecule has 3 heteroatoms. The third-order valence-corrected chi connectivity index (χ3v) is 2.93. The number of aryl methyl sites for hydroxylation is 1. The van der Waals surface area contributed by atoms with Gasteiger partial charge in [0.15, 0.2) is 0 Å². The van der Waals surface area contributed by atoms with Gasteiger partial charge in [-0.3, -0.25) is 4.79 Å². The van der Waals surface area contributed by atoms with Gasteiger partial charge in [-0.2, -0.15) is 0 Å². The summed E-state index contributed by atoms with van der Waals surface area (Å²) >= 11 is 0. The SMILES string of the molecule is CCOC(=O)C1CCc2ccccc2CN1. The standard InChI is InChI=1S/C13H17NO2/c1-2-16-13(15)12-8-7-10-5-3-4-6-11(10)9-14-12/h3-6,12,14H,2,7-9H2,1H3. The molecule has 2 rings (SSSR count). The van der Waals surface area contributed by atoms with Crippen molar-refractivity contribution < 1.29 is 9.53 Å². The van der Waals surface area contributed by atoms with Gasteiger partial charge in [-0.05, 0) is 30.9 Å². The second kappa shape index (κ2) is 5.12. The zero-order valence-corrected chi connectivity index (χ0v) is 9.53. The maximum absolute atomic E-state index is 11.6. The molecule has 86 valence electrons. The molecular formula is C13H17NO2. The smallest absolute Gasteiger partial charge is 0.323 e. The van der Waals surface area contributed by atoms with Crippen LogP contribution >= 0.6 is 0 Å². The average molecular weight is 219 g/mol. The molecule has 1 aliphatic heterocycles. The highest BCUT2D eigenvalue weighted by Gasteiger charge is 2.22. The summed E-state index contributed by atoms with van der Waals surface area (Å²) in [5, 5.41) is 3.25. The second-order valence-electron chi connectivity index (χ2n) is 3.99. The Bertz CT molecular complexity index is 349. The first-order valence-electron chi connectivity index (χ1n) is 5.78. The first kappa shape index (κ1) is 11.1. The van der Waals surface area contributed by atoms with Crippen molar-refractivity contribution in [2.24, 2.45) is 0 Å². The molecule has 0 amide bonds. The fourth-order valence-corrected chi connectivity index (χ4v) is 2.05. The van der Waals surface area contributed by atoms with Crippen LogP contribution in [0.25, 0.3) is 0 Å². The number of hydrogen-bond donors (Lipinski definition) is 1. The maximum atomic E-state index is 11.6. The molecular weight excluding hydrogens is 202 g/mol. The first-order valence-corrected chi connectivity index (χ1v) is 5.78. The highest BCUT2D eigenvalue weighted by atomic mass is 16.5. The van der Waals surface area contributed by atoms with Crippen molar-refractivity contribution in [2.75, 3.05) is 6.61 Å². The van der Waals surface area contributed by atoms with E-state index >= 15 is 0 Å². The van der Waals surface area contributed by atoms with Crippen LogP contribution in [0.2, 0.25) is 0 Å². The van der Waals surface area contributed by atoms with E-state index in [9.17, 15) is 4.79 Å². The van der Waals surface area contributed by atoms with E-state index < -0.39 is 0 Å². The molecule has 16 heavy (non-hydrogen) atoms. The summed E-state index contributed by atoms with van der Waals surface area (Å²) in [6.45, 7) is 3.03. The lowest BCUT2D eigenvalue weighted by Crippen LogP contribution is -2.36. The summed E-state index contributed by atoms with van der Waals surface area (Å²) < 4.78 is 5.03. The Hall–Kier alpha value is -1.35. The molecule has 0 aliphatic carbocycles. The van der Waals surface area contributed by atoms with Gasteiger partial charge in [0.2, 0.25) is 0 Å². The lowest BCUT2D eigenvalue weighted by atomic mass is 10.0. The molecule has 1 aromatic rings. The van der Waals surface area contributed by atoms with Crippen molar-refractivity contribution in [3.63, 3.8) is 0 Å². The van der Waals surface area contributed by atoms with Crippen LogP contribution in [0.15, 0.2) is 24.3 Å². The van der Waals surface area contributed by atoms with Crippen LogP contribution in [-0.2, 0) is 22.5 Å². The van der Waals surface area contributed by atoms with Crippen LogP contribution in [0.4, 0.5) is 0 Å². The van der Waals surface area contributed by atoms with Gasteiger partial charge in [-0.1, -0.05) is 24.3 Å². The van der Waals surface area contributed by atoms with Crippen LogP contribution < -0.4 is 5.32 Å². The Morgan fingerprint density at radius 1 is 1.44 bits per heavy atom. The van der Waals surface area contributed by atoms with Gasteiger partial charge in [-0.25, -0.2) is 0 Å². The fourth-order valence-electron chi connectivity index (χ4n) is 2.05. The zero-order valence-electron chi connectivity index (χ0n) is 9.53. The van der Waals surface area contributed by atoms with E-state index in [0.717, 1.165) is 19.4 Å². The highest BCUT2D eigenvalue weighted by molar-refractivity contribution is 5.75. The number of nitrogens with one attached hydrogen (secondary N) is 1. The van der Waals surface area contributed by atoms with Crippen molar-refractivity contribution >= 4 is 5.97 Å². The topological polar surface area (TPSA) is 38.3 Å². The quantitative estimate of drug-likeness (QED) is 0.769. The van der Waals surface area contributed by atoms with E-state index in [4.69, 9.17) is 4.74 Å². The van der Waals surface area contributed by atoms with Gasteiger partial charge >= 0.3 is 5.97 Å². The number of hydrogen-bond acceptors (Lipinski definition) is 3. The van der Waals surface area contributed by atoms with Gasteiger partial charge in [0, 0.05) is 6.54 Å². The molecule has 1 atom stereocenters. The number of ether oxygens (including phenoxy) is 1. The van der Waals surface area contributed by atoms with Crippen molar-refractivity contribution in [3.8, 4) is 0 Å². The third kappa shape index (κ3) is 2.42. The molecule has 0 saturated carbocycles. The van der Waals surface area contributed by atoms with Crippen molar-refractivity contribution in [3.05, 3.63) is 35.4 Å². The number of benzene rings is 1. The molecule has 1 aromatic carbocycles. The maximum Gasteiger partial charge on any atom is 0.323 e. The molecule has 0 bridgehead atoms. The van der Waals surface area contributed by atoms with Gasteiger partial charge in [0.1, 0.15) is 6.04 Å². The number of fused-ring (bicyclic) bond motifs is 1. The Labute approximate surface area is 95.8 Å². The van der Waals surface area contributed by atoms with E-state index in [1.165, 1.54) is 11.1 Å². The average Bonchev–Trinajstić information content (AvgIpc) is 2.51. The molecule has 0 saturated heterocycles. The summed E-state index contributed by atoms with van der Waals surface area (Å²) in [7, 11) is 0. The second-order valence-corrected chi connectivity index (χ2v) is 3.99. The number of rotatable bonds is 2. The minimum Gasteiger partial charge on any atom is -0.465 e. The molecule has 1 aliphatic rings. The summed E-state index contributed by atoms with van der Waals surface area (Å²) in [6, 6.07) is 8.15. The summed E-state index contributed by atoms with van der Waals surface area (Å²) in [5.41, 5.74) is 2.62. The Morgan fingerprint density at radius 2 is 2.19 bits per heavy atom. The van der Waals surface area contributed by atoms with E-state index in [2.05, 4.69) is 17.4 Å². The first-order chi connectivity index (χ1) is 7.81.